The van der Waals surface area contributed by atoms with Gasteiger partial charge in [-0.2, -0.15) is 0 Å². The molecule has 9 rings (SSSR count). The molecule has 0 bridgehead atoms. The molecule has 0 spiro atoms. The molecule has 254 valence electrons. The van der Waals surface area contributed by atoms with Crippen LogP contribution in [0.3, 0.4) is 0 Å². The lowest BCUT2D eigenvalue weighted by Gasteiger charge is -2.44. The second kappa shape index (κ2) is 11.6. The molecular formula is C48H42N4. The molecule has 8 aromatic rings. The number of hydrogen-bond acceptors (Lipinski definition) is 3. The minimum absolute atomic E-state index is 0.0177. The van der Waals surface area contributed by atoms with Crippen LogP contribution in [-0.4, -0.2) is 19.5 Å². The Morgan fingerprint density at radius 3 is 1.35 bits per heavy atom. The third-order valence-electron chi connectivity index (χ3n) is 12.6. The summed E-state index contributed by atoms with van der Waals surface area (Å²) in [6.07, 6.45) is 0. The van der Waals surface area contributed by atoms with Gasteiger partial charge in [0.2, 0.25) is 0 Å². The normalized spacial score (nSPS) is 15.6. The SMILES string of the molecule is CC1(C)c2cc3c4cc(-c5nc(-c6ccccc6)nc(-c6ccccc6)n5)ccc4n(-c4ccc(-c5ccccc5)cc4)c3cc2C(C)(C)C1(C)C. The minimum Gasteiger partial charge on any atom is -0.309 e. The van der Waals surface area contributed by atoms with Gasteiger partial charge in [0.25, 0.3) is 0 Å². The van der Waals surface area contributed by atoms with Gasteiger partial charge < -0.3 is 4.57 Å². The first kappa shape index (κ1) is 32.1. The highest BCUT2D eigenvalue weighted by Gasteiger charge is 2.57. The van der Waals surface area contributed by atoms with Gasteiger partial charge in [0.1, 0.15) is 0 Å². The predicted octanol–water partition coefficient (Wildman–Crippen LogP) is 12.2. The Morgan fingerprint density at radius 2 is 0.808 bits per heavy atom. The van der Waals surface area contributed by atoms with Crippen LogP contribution in [0.1, 0.15) is 52.7 Å². The Bertz CT molecular complexity index is 2560. The quantitative estimate of drug-likeness (QED) is 0.182. The van der Waals surface area contributed by atoms with Crippen LogP contribution in [0.15, 0.2) is 146 Å². The molecular weight excluding hydrogens is 633 g/mol. The number of rotatable bonds is 5. The van der Waals surface area contributed by atoms with Crippen molar-refractivity contribution >= 4 is 21.8 Å². The summed E-state index contributed by atoms with van der Waals surface area (Å²) in [5.41, 5.74) is 11.7. The summed E-state index contributed by atoms with van der Waals surface area (Å²) in [4.78, 5) is 15.1. The van der Waals surface area contributed by atoms with Crippen LogP contribution in [0.5, 0.6) is 0 Å². The molecule has 4 nitrogen and oxygen atoms in total. The highest BCUT2D eigenvalue weighted by atomic mass is 15.0. The Labute approximate surface area is 305 Å². The summed E-state index contributed by atoms with van der Waals surface area (Å²) in [6.45, 7) is 14.5. The minimum atomic E-state index is -0.0211. The van der Waals surface area contributed by atoms with Crippen molar-refractivity contribution in [3.05, 3.63) is 157 Å². The van der Waals surface area contributed by atoms with Gasteiger partial charge in [-0.05, 0) is 81.0 Å². The topological polar surface area (TPSA) is 43.6 Å². The van der Waals surface area contributed by atoms with Gasteiger partial charge in [0, 0.05) is 33.2 Å². The summed E-state index contributed by atoms with van der Waals surface area (Å²) < 4.78 is 2.44. The van der Waals surface area contributed by atoms with Gasteiger partial charge in [0.05, 0.1) is 11.0 Å². The van der Waals surface area contributed by atoms with Gasteiger partial charge in [-0.15, -0.1) is 0 Å². The van der Waals surface area contributed by atoms with E-state index in [0.29, 0.717) is 17.5 Å². The smallest absolute Gasteiger partial charge is 0.164 e. The summed E-state index contributed by atoms with van der Waals surface area (Å²) in [7, 11) is 0. The van der Waals surface area contributed by atoms with Crippen molar-refractivity contribution in [1.29, 1.82) is 0 Å². The standard InChI is InChI=1S/C48H42N4/c1-46(2)39-29-38-37-28-35(45-50-43(33-18-12-8-13-19-33)49-44(51-45)34-20-14-9-15-21-34)24-27-41(37)52(42(38)30-40(39)47(3,4)48(46,5)6)36-25-22-32(23-26-36)31-16-10-7-11-17-31/h7-30H,1-6H3. The Hall–Kier alpha value is -5.87. The molecule has 1 aliphatic carbocycles. The van der Waals surface area contributed by atoms with Gasteiger partial charge in [-0.3, -0.25) is 0 Å². The molecule has 1 aliphatic rings. The van der Waals surface area contributed by atoms with Crippen molar-refractivity contribution in [3.63, 3.8) is 0 Å². The molecule has 6 aromatic carbocycles. The first-order chi connectivity index (χ1) is 25.0. The maximum Gasteiger partial charge on any atom is 0.164 e. The maximum absolute atomic E-state index is 5.08. The molecule has 0 saturated carbocycles. The molecule has 0 atom stereocenters. The van der Waals surface area contributed by atoms with Crippen LogP contribution in [0.2, 0.25) is 0 Å². The van der Waals surface area contributed by atoms with Gasteiger partial charge in [0.15, 0.2) is 17.5 Å². The van der Waals surface area contributed by atoms with Crippen molar-refractivity contribution < 1.29 is 0 Å². The lowest BCUT2D eigenvalue weighted by molar-refractivity contribution is 0.125. The lowest BCUT2D eigenvalue weighted by atomic mass is 9.59. The Kier molecular flexibility index (Phi) is 7.14. The largest absolute Gasteiger partial charge is 0.309 e. The fourth-order valence-electron chi connectivity index (χ4n) is 8.34. The van der Waals surface area contributed by atoms with Crippen LogP contribution in [0.25, 0.3) is 72.8 Å². The van der Waals surface area contributed by atoms with Gasteiger partial charge in [-0.25, -0.2) is 15.0 Å². The average Bonchev–Trinajstić information content (AvgIpc) is 3.55. The lowest BCUT2D eigenvalue weighted by Crippen LogP contribution is -2.42. The first-order valence-electron chi connectivity index (χ1n) is 18.2. The molecule has 0 fully saturated rings. The predicted molar refractivity (Wildman–Crippen MR) is 216 cm³/mol. The maximum atomic E-state index is 5.08. The molecule has 2 aromatic heterocycles. The Morgan fingerprint density at radius 1 is 0.385 bits per heavy atom. The summed E-state index contributed by atoms with van der Waals surface area (Å²) in [5.74, 6) is 1.98. The van der Waals surface area contributed by atoms with Crippen LogP contribution in [0, 0.1) is 5.41 Å². The zero-order chi connectivity index (χ0) is 35.8. The highest BCUT2D eigenvalue weighted by molar-refractivity contribution is 6.11. The number of fused-ring (bicyclic) bond motifs is 4. The summed E-state index contributed by atoms with van der Waals surface area (Å²) >= 11 is 0. The number of benzene rings is 6. The second-order valence-corrected chi connectivity index (χ2v) is 15.8. The van der Waals surface area contributed by atoms with E-state index in [-0.39, 0.29) is 16.2 Å². The number of aromatic nitrogens is 4. The molecule has 0 N–H and O–H groups in total. The fourth-order valence-corrected chi connectivity index (χ4v) is 8.34. The van der Waals surface area contributed by atoms with Crippen molar-refractivity contribution in [1.82, 2.24) is 19.5 Å². The number of hydrogen-bond donors (Lipinski definition) is 0. The third kappa shape index (κ3) is 4.77. The van der Waals surface area contributed by atoms with Gasteiger partial charge >= 0.3 is 0 Å². The molecule has 0 unspecified atom stereocenters. The zero-order valence-corrected chi connectivity index (χ0v) is 30.6. The van der Waals surface area contributed by atoms with Crippen LogP contribution in [0.4, 0.5) is 0 Å². The van der Waals surface area contributed by atoms with E-state index in [1.54, 1.807) is 0 Å². The van der Waals surface area contributed by atoms with E-state index >= 15 is 0 Å². The molecule has 2 heterocycles. The van der Waals surface area contributed by atoms with E-state index in [1.165, 1.54) is 38.5 Å². The van der Waals surface area contributed by atoms with Crippen LogP contribution >= 0.6 is 0 Å². The molecule has 0 aliphatic heterocycles. The van der Waals surface area contributed by atoms with Crippen molar-refractivity contribution in [2.24, 2.45) is 5.41 Å². The fraction of sp³-hybridized carbons (Fsp3) is 0.188. The average molecular weight is 675 g/mol. The molecule has 52 heavy (non-hydrogen) atoms. The van der Waals surface area contributed by atoms with E-state index in [4.69, 9.17) is 15.0 Å². The summed E-state index contributed by atoms with van der Waals surface area (Å²) in [5, 5.41) is 2.42. The van der Waals surface area contributed by atoms with E-state index in [9.17, 15) is 0 Å². The third-order valence-corrected chi connectivity index (χ3v) is 12.6. The van der Waals surface area contributed by atoms with Crippen molar-refractivity contribution in [3.8, 4) is 51.0 Å². The first-order valence-corrected chi connectivity index (χ1v) is 18.2. The zero-order valence-electron chi connectivity index (χ0n) is 30.6. The monoisotopic (exact) mass is 674 g/mol. The molecule has 0 radical (unpaired) electrons. The highest BCUT2D eigenvalue weighted by Crippen LogP contribution is 2.62. The van der Waals surface area contributed by atoms with E-state index < -0.39 is 0 Å². The Balaban J connectivity index is 1.29. The van der Waals surface area contributed by atoms with E-state index in [0.717, 1.165) is 27.9 Å². The van der Waals surface area contributed by atoms with E-state index in [1.807, 2.05) is 36.4 Å². The van der Waals surface area contributed by atoms with Crippen molar-refractivity contribution in [2.75, 3.05) is 0 Å². The molecule has 4 heteroatoms. The van der Waals surface area contributed by atoms with Crippen LogP contribution in [-0.2, 0) is 10.8 Å². The second-order valence-electron chi connectivity index (χ2n) is 15.8. The molecule has 0 saturated heterocycles. The summed E-state index contributed by atoms with van der Waals surface area (Å²) in [6, 6.07) is 51.6. The molecule has 0 amide bonds. The van der Waals surface area contributed by atoms with Crippen LogP contribution < -0.4 is 0 Å². The van der Waals surface area contributed by atoms with Crippen molar-refractivity contribution in [2.45, 2.75) is 52.4 Å². The van der Waals surface area contributed by atoms with Gasteiger partial charge in [-0.1, -0.05) is 145 Å². The van der Waals surface area contributed by atoms with E-state index in [2.05, 4.69) is 155 Å². The number of nitrogens with zero attached hydrogens (tertiary/aromatic N) is 4.